The van der Waals surface area contributed by atoms with Crippen LogP contribution in [0.2, 0.25) is 0 Å². The van der Waals surface area contributed by atoms with Crippen molar-refractivity contribution in [3.63, 3.8) is 0 Å². The van der Waals surface area contributed by atoms with E-state index in [1.807, 2.05) is 18.2 Å². The maximum atomic E-state index is 12.6. The number of hydrogen-bond acceptors (Lipinski definition) is 8. The Hall–Kier alpha value is -3.74. The monoisotopic (exact) mass is 458 g/mol. The fourth-order valence-electron chi connectivity index (χ4n) is 4.17. The summed E-state index contributed by atoms with van der Waals surface area (Å²) in [5, 5.41) is 16.8. The molecule has 9 nitrogen and oxygen atoms in total. The fraction of sp³-hybridized carbons (Fsp3) is 0.360. The highest BCUT2D eigenvalue weighted by Gasteiger charge is 2.19. The molecule has 2 aliphatic heterocycles. The summed E-state index contributed by atoms with van der Waals surface area (Å²) in [7, 11) is 0. The summed E-state index contributed by atoms with van der Waals surface area (Å²) < 4.78 is 11.5. The lowest BCUT2D eigenvalue weighted by molar-refractivity contribution is 0.0303. The Morgan fingerprint density at radius 3 is 2.68 bits per heavy atom. The molecule has 0 spiro atoms. The van der Waals surface area contributed by atoms with E-state index in [-0.39, 0.29) is 12.0 Å². The number of nitrogens with zero attached hydrogens (tertiary/aromatic N) is 4. The fourth-order valence-corrected chi connectivity index (χ4v) is 4.17. The largest absolute Gasteiger partial charge is 0.489 e. The van der Waals surface area contributed by atoms with Crippen molar-refractivity contribution in [3.8, 4) is 11.8 Å². The van der Waals surface area contributed by atoms with Gasteiger partial charge >= 0.3 is 0 Å². The molecule has 0 saturated carbocycles. The van der Waals surface area contributed by atoms with Gasteiger partial charge in [-0.2, -0.15) is 5.26 Å². The highest BCUT2D eigenvalue weighted by Crippen LogP contribution is 2.27. The first-order chi connectivity index (χ1) is 16.7. The zero-order chi connectivity index (χ0) is 23.3. The van der Waals surface area contributed by atoms with Crippen molar-refractivity contribution in [3.05, 3.63) is 53.7 Å². The van der Waals surface area contributed by atoms with E-state index in [9.17, 15) is 10.1 Å². The van der Waals surface area contributed by atoms with Crippen LogP contribution in [0.1, 0.15) is 28.8 Å². The van der Waals surface area contributed by atoms with Crippen molar-refractivity contribution in [2.75, 3.05) is 44.7 Å². The van der Waals surface area contributed by atoms with Gasteiger partial charge in [-0.25, -0.2) is 9.97 Å². The number of ether oxygens (including phenoxy) is 2. The summed E-state index contributed by atoms with van der Waals surface area (Å²) in [5.74, 6) is 0.987. The number of fused-ring (bicyclic) bond motifs is 1. The van der Waals surface area contributed by atoms with Crippen molar-refractivity contribution < 1.29 is 14.3 Å². The topological polar surface area (TPSA) is 112 Å². The van der Waals surface area contributed by atoms with E-state index in [1.54, 1.807) is 29.3 Å². The molecule has 3 heterocycles. The first kappa shape index (κ1) is 22.1. The summed E-state index contributed by atoms with van der Waals surface area (Å²) >= 11 is 0. The molecule has 1 amide bonds. The van der Waals surface area contributed by atoms with Gasteiger partial charge in [-0.05, 0) is 56.3 Å². The number of amides is 1. The Bertz CT molecular complexity index is 1210. The van der Waals surface area contributed by atoms with Gasteiger partial charge in [0, 0.05) is 42.0 Å². The van der Waals surface area contributed by atoms with Crippen LogP contribution in [-0.2, 0) is 4.74 Å². The average Bonchev–Trinajstić information content (AvgIpc) is 2.89. The van der Waals surface area contributed by atoms with Crippen molar-refractivity contribution in [1.29, 1.82) is 5.26 Å². The number of carbonyl (C=O) groups excluding carboxylic acids is 1. The Labute approximate surface area is 197 Å². The molecule has 3 aromatic rings. The van der Waals surface area contributed by atoms with Gasteiger partial charge in [0.05, 0.1) is 24.3 Å². The van der Waals surface area contributed by atoms with Crippen LogP contribution in [0.25, 0.3) is 10.9 Å². The number of piperidine rings is 1. The van der Waals surface area contributed by atoms with Gasteiger partial charge in [0.2, 0.25) is 5.95 Å². The lowest BCUT2D eigenvalue weighted by Crippen LogP contribution is -2.40. The Morgan fingerprint density at radius 2 is 1.94 bits per heavy atom. The molecule has 0 aliphatic carbocycles. The van der Waals surface area contributed by atoms with Crippen LogP contribution in [0.3, 0.4) is 0 Å². The summed E-state index contributed by atoms with van der Waals surface area (Å²) in [6.45, 7) is 4.19. The van der Waals surface area contributed by atoms with E-state index in [2.05, 4.69) is 26.7 Å². The minimum Gasteiger partial charge on any atom is -0.489 e. The van der Waals surface area contributed by atoms with E-state index < -0.39 is 0 Å². The van der Waals surface area contributed by atoms with E-state index >= 15 is 0 Å². The molecule has 0 radical (unpaired) electrons. The zero-order valence-corrected chi connectivity index (χ0v) is 18.8. The number of hydrogen-bond donors (Lipinski definition) is 2. The Kier molecular flexibility index (Phi) is 6.51. The van der Waals surface area contributed by atoms with Crippen LogP contribution in [0.5, 0.6) is 5.75 Å². The van der Waals surface area contributed by atoms with Crippen molar-refractivity contribution >= 4 is 28.4 Å². The second kappa shape index (κ2) is 10.0. The van der Waals surface area contributed by atoms with Crippen molar-refractivity contribution in [1.82, 2.24) is 20.2 Å². The standard InChI is InChI=1S/C25H26N6O3/c26-15-18-13-19-16-28-25(30-22(19)14-23(18)34-21-5-7-27-8-6-21)29-20-3-1-17(2-4-20)24(32)31-9-11-33-12-10-31/h1-4,13-14,16,21,27H,5-12H2,(H,28,29,30). The summed E-state index contributed by atoms with van der Waals surface area (Å²) in [6.07, 6.45) is 3.59. The van der Waals surface area contributed by atoms with Gasteiger partial charge in [0.25, 0.3) is 5.91 Å². The minimum absolute atomic E-state index is 0.00591. The number of carbonyl (C=O) groups is 1. The maximum Gasteiger partial charge on any atom is 0.254 e. The molecule has 2 aromatic carbocycles. The molecule has 2 fully saturated rings. The molecule has 0 atom stereocenters. The Balaban J connectivity index is 1.32. The van der Waals surface area contributed by atoms with E-state index in [4.69, 9.17) is 9.47 Å². The molecular weight excluding hydrogens is 432 g/mol. The van der Waals surface area contributed by atoms with Crippen LogP contribution in [0.15, 0.2) is 42.6 Å². The molecule has 2 aliphatic rings. The summed E-state index contributed by atoms with van der Waals surface area (Å²) in [4.78, 5) is 23.4. The van der Waals surface area contributed by atoms with Crippen molar-refractivity contribution in [2.24, 2.45) is 0 Å². The van der Waals surface area contributed by atoms with Gasteiger partial charge in [-0.3, -0.25) is 4.79 Å². The number of nitrogens with one attached hydrogen (secondary N) is 2. The van der Waals surface area contributed by atoms with Crippen LogP contribution in [-0.4, -0.2) is 66.3 Å². The second-order valence-electron chi connectivity index (χ2n) is 8.39. The SMILES string of the molecule is N#Cc1cc2cnc(Nc3ccc(C(=O)N4CCOCC4)cc3)nc2cc1OC1CCNCC1. The molecule has 2 N–H and O–H groups in total. The predicted molar refractivity (Wildman–Crippen MR) is 127 cm³/mol. The smallest absolute Gasteiger partial charge is 0.254 e. The molecule has 2 saturated heterocycles. The molecule has 0 bridgehead atoms. The zero-order valence-electron chi connectivity index (χ0n) is 18.8. The molecular formula is C25H26N6O3. The molecule has 9 heteroatoms. The van der Waals surface area contributed by atoms with Gasteiger partial charge < -0.3 is 25.0 Å². The van der Waals surface area contributed by atoms with Crippen LogP contribution in [0, 0.1) is 11.3 Å². The third kappa shape index (κ3) is 4.93. The number of benzene rings is 2. The summed E-state index contributed by atoms with van der Waals surface area (Å²) in [5.41, 5.74) is 2.59. The number of aromatic nitrogens is 2. The van der Waals surface area contributed by atoms with Crippen LogP contribution in [0.4, 0.5) is 11.6 Å². The van der Waals surface area contributed by atoms with Gasteiger partial charge in [0.15, 0.2) is 0 Å². The highest BCUT2D eigenvalue weighted by molar-refractivity contribution is 5.94. The Morgan fingerprint density at radius 1 is 1.18 bits per heavy atom. The quantitative estimate of drug-likeness (QED) is 0.600. The van der Waals surface area contributed by atoms with Crippen LogP contribution < -0.4 is 15.4 Å². The normalized spacial score (nSPS) is 16.7. The highest BCUT2D eigenvalue weighted by atomic mass is 16.5. The number of morpholine rings is 1. The van der Waals surface area contributed by atoms with Crippen molar-refractivity contribution in [2.45, 2.75) is 18.9 Å². The molecule has 174 valence electrons. The number of anilines is 2. The van der Waals surface area contributed by atoms with E-state index in [1.165, 1.54) is 0 Å². The lowest BCUT2D eigenvalue weighted by Gasteiger charge is -2.26. The third-order valence-electron chi connectivity index (χ3n) is 6.07. The second-order valence-corrected chi connectivity index (χ2v) is 8.39. The predicted octanol–water partition coefficient (Wildman–Crippen LogP) is 2.85. The van der Waals surface area contributed by atoms with E-state index in [0.717, 1.165) is 37.0 Å². The maximum absolute atomic E-state index is 12.6. The summed E-state index contributed by atoms with van der Waals surface area (Å²) in [6, 6.07) is 13.1. The number of nitriles is 1. The van der Waals surface area contributed by atoms with Gasteiger partial charge in [-0.1, -0.05) is 0 Å². The molecule has 1 aromatic heterocycles. The molecule has 34 heavy (non-hydrogen) atoms. The van der Waals surface area contributed by atoms with Crippen LogP contribution >= 0.6 is 0 Å². The first-order valence-corrected chi connectivity index (χ1v) is 11.5. The minimum atomic E-state index is 0.00591. The third-order valence-corrected chi connectivity index (χ3v) is 6.07. The molecule has 5 rings (SSSR count). The van der Waals surface area contributed by atoms with Gasteiger partial charge in [0.1, 0.15) is 17.9 Å². The first-order valence-electron chi connectivity index (χ1n) is 11.5. The van der Waals surface area contributed by atoms with Gasteiger partial charge in [-0.15, -0.1) is 0 Å². The average molecular weight is 459 g/mol. The van der Waals surface area contributed by atoms with E-state index in [0.29, 0.717) is 54.6 Å². The lowest BCUT2D eigenvalue weighted by atomic mass is 10.1. The number of rotatable bonds is 5. The molecule has 0 unspecified atom stereocenters.